The maximum Gasteiger partial charge on any atom is 0.237 e. The molecule has 1 unspecified atom stereocenters. The number of hydrogen-bond acceptors (Lipinski definition) is 3. The Bertz CT molecular complexity index is 270. The summed E-state index contributed by atoms with van der Waals surface area (Å²) in [6.45, 7) is 9.08. The average molecular weight is 239 g/mol. The largest absolute Gasteiger partial charge is 0.354 e. The third-order valence-electron chi connectivity index (χ3n) is 4.33. The minimum atomic E-state index is 0.0146. The van der Waals surface area contributed by atoms with Gasteiger partial charge in [-0.3, -0.25) is 9.69 Å². The van der Waals surface area contributed by atoms with E-state index in [2.05, 4.69) is 22.5 Å². The molecule has 17 heavy (non-hydrogen) atoms. The van der Waals surface area contributed by atoms with Crippen molar-refractivity contribution in [3.05, 3.63) is 0 Å². The Morgan fingerprint density at radius 3 is 2.59 bits per heavy atom. The first-order valence-electron chi connectivity index (χ1n) is 6.83. The van der Waals surface area contributed by atoms with Crippen LogP contribution in [0.5, 0.6) is 0 Å². The summed E-state index contributed by atoms with van der Waals surface area (Å²) >= 11 is 0. The van der Waals surface area contributed by atoms with Crippen LogP contribution in [0.3, 0.4) is 0 Å². The van der Waals surface area contributed by atoms with Crippen LogP contribution in [-0.2, 0) is 4.79 Å². The predicted octanol–water partition coefficient (Wildman–Crippen LogP) is 0.587. The molecular weight excluding hydrogens is 214 g/mol. The Balaban J connectivity index is 1.74. The zero-order valence-corrected chi connectivity index (χ0v) is 11.1. The van der Waals surface area contributed by atoms with Crippen LogP contribution < -0.4 is 10.6 Å². The number of hydrogen-bond donors (Lipinski definition) is 2. The molecule has 0 aromatic heterocycles. The van der Waals surface area contributed by atoms with Crippen molar-refractivity contribution in [1.29, 1.82) is 0 Å². The van der Waals surface area contributed by atoms with Gasteiger partial charge in [0.05, 0.1) is 6.04 Å². The smallest absolute Gasteiger partial charge is 0.237 e. The Hall–Kier alpha value is -0.610. The van der Waals surface area contributed by atoms with Gasteiger partial charge in [-0.1, -0.05) is 13.3 Å². The molecular formula is C13H25N3O. The molecule has 0 bridgehead atoms. The van der Waals surface area contributed by atoms with Gasteiger partial charge in [0, 0.05) is 32.7 Å². The lowest BCUT2D eigenvalue weighted by Crippen LogP contribution is -2.54. The van der Waals surface area contributed by atoms with Crippen molar-refractivity contribution in [2.24, 2.45) is 5.41 Å². The Labute approximate surface area is 104 Å². The molecule has 0 radical (unpaired) electrons. The van der Waals surface area contributed by atoms with Crippen LogP contribution in [-0.4, -0.2) is 49.6 Å². The SMILES string of the molecule is CC(C(=O)NCC1(C)CCC1)N1CCNCC1. The highest BCUT2D eigenvalue weighted by atomic mass is 16.2. The molecule has 98 valence electrons. The number of nitrogens with zero attached hydrogens (tertiary/aromatic N) is 1. The molecule has 1 atom stereocenters. The summed E-state index contributed by atoms with van der Waals surface area (Å²) in [7, 11) is 0. The summed E-state index contributed by atoms with van der Waals surface area (Å²) in [5, 5.41) is 6.43. The van der Waals surface area contributed by atoms with Crippen LogP contribution >= 0.6 is 0 Å². The highest BCUT2D eigenvalue weighted by molar-refractivity contribution is 5.81. The summed E-state index contributed by atoms with van der Waals surface area (Å²) in [6.07, 6.45) is 3.84. The second-order valence-electron chi connectivity index (χ2n) is 5.84. The fourth-order valence-corrected chi connectivity index (χ4v) is 2.64. The maximum absolute atomic E-state index is 12.1. The van der Waals surface area contributed by atoms with E-state index in [0.717, 1.165) is 32.7 Å². The van der Waals surface area contributed by atoms with Crippen molar-refractivity contribution in [3.63, 3.8) is 0 Å². The molecule has 1 saturated carbocycles. The third kappa shape index (κ3) is 3.19. The minimum absolute atomic E-state index is 0.0146. The average Bonchev–Trinajstić information content (AvgIpc) is 2.33. The number of amides is 1. The maximum atomic E-state index is 12.1. The summed E-state index contributed by atoms with van der Waals surface area (Å²) < 4.78 is 0. The van der Waals surface area contributed by atoms with Gasteiger partial charge in [-0.25, -0.2) is 0 Å². The molecule has 2 fully saturated rings. The highest BCUT2D eigenvalue weighted by Crippen LogP contribution is 2.39. The molecule has 0 aromatic rings. The van der Waals surface area contributed by atoms with Gasteiger partial charge in [0.2, 0.25) is 5.91 Å². The van der Waals surface area contributed by atoms with E-state index in [1.807, 2.05) is 6.92 Å². The van der Waals surface area contributed by atoms with Crippen molar-refractivity contribution in [1.82, 2.24) is 15.5 Å². The van der Waals surface area contributed by atoms with Crippen molar-refractivity contribution in [3.8, 4) is 0 Å². The van der Waals surface area contributed by atoms with E-state index < -0.39 is 0 Å². The van der Waals surface area contributed by atoms with Gasteiger partial charge in [-0.15, -0.1) is 0 Å². The Morgan fingerprint density at radius 1 is 1.41 bits per heavy atom. The van der Waals surface area contributed by atoms with Gasteiger partial charge < -0.3 is 10.6 Å². The summed E-state index contributed by atoms with van der Waals surface area (Å²) in [4.78, 5) is 14.3. The molecule has 1 heterocycles. The monoisotopic (exact) mass is 239 g/mol. The molecule has 0 aromatic carbocycles. The molecule has 2 rings (SSSR count). The molecule has 1 saturated heterocycles. The van der Waals surface area contributed by atoms with Crippen LogP contribution in [0.4, 0.5) is 0 Å². The fraction of sp³-hybridized carbons (Fsp3) is 0.923. The van der Waals surface area contributed by atoms with E-state index >= 15 is 0 Å². The van der Waals surface area contributed by atoms with Crippen molar-refractivity contribution in [2.75, 3.05) is 32.7 Å². The van der Waals surface area contributed by atoms with Gasteiger partial charge in [-0.2, -0.15) is 0 Å². The normalized spacial score (nSPS) is 26.0. The number of carbonyl (C=O) groups excluding carboxylic acids is 1. The van der Waals surface area contributed by atoms with E-state index in [0.29, 0.717) is 5.41 Å². The molecule has 4 nitrogen and oxygen atoms in total. The topological polar surface area (TPSA) is 44.4 Å². The second-order valence-corrected chi connectivity index (χ2v) is 5.84. The van der Waals surface area contributed by atoms with Gasteiger partial charge in [0.1, 0.15) is 0 Å². The summed E-state index contributed by atoms with van der Waals surface area (Å²) in [6, 6.07) is 0.0146. The minimum Gasteiger partial charge on any atom is -0.354 e. The number of rotatable bonds is 4. The van der Waals surface area contributed by atoms with Gasteiger partial charge in [0.15, 0.2) is 0 Å². The van der Waals surface area contributed by atoms with Gasteiger partial charge in [-0.05, 0) is 25.2 Å². The Morgan fingerprint density at radius 2 is 2.06 bits per heavy atom. The lowest BCUT2D eigenvalue weighted by Gasteiger charge is -2.39. The fourth-order valence-electron chi connectivity index (χ4n) is 2.64. The first-order valence-corrected chi connectivity index (χ1v) is 6.83. The van der Waals surface area contributed by atoms with Gasteiger partial charge in [0.25, 0.3) is 0 Å². The second kappa shape index (κ2) is 5.36. The molecule has 1 amide bonds. The predicted molar refractivity (Wildman–Crippen MR) is 68.9 cm³/mol. The summed E-state index contributed by atoms with van der Waals surface area (Å²) in [5.41, 5.74) is 0.374. The molecule has 4 heteroatoms. The standard InChI is InChI=1S/C13H25N3O/c1-11(16-8-6-14-7-9-16)12(17)15-10-13(2)4-3-5-13/h11,14H,3-10H2,1-2H3,(H,15,17). The number of nitrogens with one attached hydrogen (secondary N) is 2. The zero-order chi connectivity index (χ0) is 12.3. The van der Waals surface area contributed by atoms with Crippen LogP contribution in [0.2, 0.25) is 0 Å². The lowest BCUT2D eigenvalue weighted by atomic mass is 9.70. The first-order chi connectivity index (χ1) is 8.11. The summed E-state index contributed by atoms with van der Waals surface area (Å²) in [5.74, 6) is 0.194. The van der Waals surface area contributed by atoms with E-state index in [1.54, 1.807) is 0 Å². The van der Waals surface area contributed by atoms with E-state index in [1.165, 1.54) is 19.3 Å². The van der Waals surface area contributed by atoms with Crippen LogP contribution in [0.1, 0.15) is 33.1 Å². The lowest BCUT2D eigenvalue weighted by molar-refractivity contribution is -0.126. The van der Waals surface area contributed by atoms with Crippen molar-refractivity contribution >= 4 is 5.91 Å². The number of piperazine rings is 1. The highest BCUT2D eigenvalue weighted by Gasteiger charge is 2.32. The number of carbonyl (C=O) groups is 1. The molecule has 2 aliphatic rings. The third-order valence-corrected chi connectivity index (χ3v) is 4.33. The van der Waals surface area contributed by atoms with Crippen molar-refractivity contribution < 1.29 is 4.79 Å². The molecule has 1 aliphatic heterocycles. The van der Waals surface area contributed by atoms with Gasteiger partial charge >= 0.3 is 0 Å². The van der Waals surface area contributed by atoms with Crippen molar-refractivity contribution in [2.45, 2.75) is 39.2 Å². The van der Waals surface area contributed by atoms with E-state index in [9.17, 15) is 4.79 Å². The zero-order valence-electron chi connectivity index (χ0n) is 11.1. The van der Waals surface area contributed by atoms with Crippen LogP contribution in [0, 0.1) is 5.41 Å². The van der Waals surface area contributed by atoms with E-state index in [-0.39, 0.29) is 11.9 Å². The molecule has 0 spiro atoms. The van der Waals surface area contributed by atoms with E-state index in [4.69, 9.17) is 0 Å². The molecule has 1 aliphatic carbocycles. The first kappa shape index (κ1) is 12.8. The quantitative estimate of drug-likeness (QED) is 0.754. The van der Waals surface area contributed by atoms with Crippen LogP contribution in [0.15, 0.2) is 0 Å². The molecule has 2 N–H and O–H groups in total. The van der Waals surface area contributed by atoms with Crippen LogP contribution in [0.25, 0.3) is 0 Å². The Kier molecular flexibility index (Phi) is 4.05.